The van der Waals surface area contributed by atoms with Crippen molar-refractivity contribution in [2.45, 2.75) is 69.1 Å². The number of aliphatic carboxylic acids is 3. The average molecular weight is 552 g/mol. The van der Waals surface area contributed by atoms with Crippen LogP contribution in [-0.4, -0.2) is 81.0 Å². The number of carboxylic acid groups (broad SMARTS) is 3. The molecule has 0 spiro atoms. The molecule has 15 heteroatoms. The SMILES string of the molecule is NC(=O)CCC(NC(=O)C(N)CCC(=O)O)C(=O)NC(Cc1ccccc1)C(=O)NC(CCC(=O)O)C(=O)O. The number of nitrogens with two attached hydrogens (primary N) is 2. The van der Waals surface area contributed by atoms with E-state index in [1.54, 1.807) is 30.3 Å². The van der Waals surface area contributed by atoms with E-state index in [1.165, 1.54) is 0 Å². The molecule has 10 N–H and O–H groups in total. The highest BCUT2D eigenvalue weighted by molar-refractivity contribution is 5.94. The molecular weight excluding hydrogens is 518 g/mol. The standard InChI is InChI=1S/C24H33N5O10/c25-14(6-10-19(31)32)21(35)27-15(7-9-18(26)30)22(36)29-17(12-13-4-2-1-3-5-13)23(37)28-16(24(38)39)8-11-20(33)34/h1-5,14-17H,6-12,25H2,(H2,26,30)(H,27,35)(H,28,37)(H,29,36)(H,31,32)(H,33,34)(H,38,39). The Balaban J connectivity index is 3.13. The highest BCUT2D eigenvalue weighted by atomic mass is 16.4. The highest BCUT2D eigenvalue weighted by Gasteiger charge is 2.31. The molecule has 39 heavy (non-hydrogen) atoms. The lowest BCUT2D eigenvalue weighted by Crippen LogP contribution is -2.57. The van der Waals surface area contributed by atoms with Crippen molar-refractivity contribution in [1.82, 2.24) is 16.0 Å². The van der Waals surface area contributed by atoms with E-state index in [2.05, 4.69) is 16.0 Å². The number of amides is 4. The molecule has 4 atom stereocenters. The second-order valence-electron chi connectivity index (χ2n) is 8.69. The monoisotopic (exact) mass is 551 g/mol. The van der Waals surface area contributed by atoms with Crippen molar-refractivity contribution in [3.63, 3.8) is 0 Å². The Hall–Kier alpha value is -4.53. The van der Waals surface area contributed by atoms with Gasteiger partial charge in [0.25, 0.3) is 0 Å². The summed E-state index contributed by atoms with van der Waals surface area (Å²) in [6.07, 6.45) is -2.26. The van der Waals surface area contributed by atoms with Gasteiger partial charge in [0, 0.05) is 25.7 Å². The Morgan fingerprint density at radius 3 is 1.69 bits per heavy atom. The van der Waals surface area contributed by atoms with Crippen molar-refractivity contribution in [3.05, 3.63) is 35.9 Å². The summed E-state index contributed by atoms with van der Waals surface area (Å²) in [6.45, 7) is 0. The van der Waals surface area contributed by atoms with Gasteiger partial charge in [0.05, 0.1) is 6.04 Å². The van der Waals surface area contributed by atoms with Crippen LogP contribution in [0.15, 0.2) is 30.3 Å². The first-order valence-corrected chi connectivity index (χ1v) is 12.0. The van der Waals surface area contributed by atoms with Crippen LogP contribution in [0.5, 0.6) is 0 Å². The lowest BCUT2D eigenvalue weighted by Gasteiger charge is -2.25. The van der Waals surface area contributed by atoms with E-state index < -0.39 is 85.0 Å². The zero-order valence-electron chi connectivity index (χ0n) is 21.0. The van der Waals surface area contributed by atoms with Gasteiger partial charge >= 0.3 is 17.9 Å². The molecule has 4 unspecified atom stereocenters. The van der Waals surface area contributed by atoms with Gasteiger partial charge in [0.1, 0.15) is 18.1 Å². The smallest absolute Gasteiger partial charge is 0.326 e. The lowest BCUT2D eigenvalue weighted by atomic mass is 10.0. The first kappa shape index (κ1) is 32.5. The van der Waals surface area contributed by atoms with Gasteiger partial charge in [-0.05, 0) is 24.8 Å². The fourth-order valence-electron chi connectivity index (χ4n) is 3.37. The minimum Gasteiger partial charge on any atom is -0.481 e. The van der Waals surface area contributed by atoms with Gasteiger partial charge in [-0.3, -0.25) is 28.8 Å². The molecule has 1 aromatic carbocycles. The number of carbonyl (C=O) groups is 7. The number of hydrogen-bond donors (Lipinski definition) is 8. The van der Waals surface area contributed by atoms with Gasteiger partial charge in [-0.2, -0.15) is 0 Å². The molecule has 1 aromatic rings. The van der Waals surface area contributed by atoms with Crippen LogP contribution in [0.1, 0.15) is 44.1 Å². The van der Waals surface area contributed by atoms with Gasteiger partial charge < -0.3 is 42.7 Å². The third kappa shape index (κ3) is 13.0. The van der Waals surface area contributed by atoms with E-state index in [-0.39, 0.29) is 25.7 Å². The van der Waals surface area contributed by atoms with Gasteiger partial charge in [-0.15, -0.1) is 0 Å². The molecule has 0 fully saturated rings. The second kappa shape index (κ2) is 16.3. The van der Waals surface area contributed by atoms with Crippen molar-refractivity contribution in [1.29, 1.82) is 0 Å². The Morgan fingerprint density at radius 1 is 0.667 bits per heavy atom. The fraction of sp³-hybridized carbons (Fsp3) is 0.458. The molecule has 0 aliphatic carbocycles. The molecule has 0 aliphatic rings. The number of primary amides is 1. The number of rotatable bonds is 18. The molecule has 15 nitrogen and oxygen atoms in total. The van der Waals surface area contributed by atoms with E-state index in [0.717, 1.165) is 0 Å². The van der Waals surface area contributed by atoms with E-state index >= 15 is 0 Å². The van der Waals surface area contributed by atoms with Gasteiger partial charge in [-0.1, -0.05) is 30.3 Å². The van der Waals surface area contributed by atoms with Gasteiger partial charge in [0.2, 0.25) is 23.6 Å². The van der Waals surface area contributed by atoms with E-state index in [0.29, 0.717) is 5.56 Å². The summed E-state index contributed by atoms with van der Waals surface area (Å²) in [4.78, 5) is 83.1. The molecule has 1 rings (SSSR count). The number of nitrogens with one attached hydrogen (secondary N) is 3. The summed E-state index contributed by atoms with van der Waals surface area (Å²) < 4.78 is 0. The van der Waals surface area contributed by atoms with Gasteiger partial charge in [-0.25, -0.2) is 4.79 Å². The first-order chi connectivity index (χ1) is 18.3. The maximum Gasteiger partial charge on any atom is 0.326 e. The minimum atomic E-state index is -1.55. The van der Waals surface area contributed by atoms with Crippen LogP contribution in [-0.2, 0) is 40.0 Å². The van der Waals surface area contributed by atoms with Crippen molar-refractivity contribution < 1.29 is 48.9 Å². The third-order valence-corrected chi connectivity index (χ3v) is 5.50. The topological polar surface area (TPSA) is 268 Å². The lowest BCUT2D eigenvalue weighted by molar-refractivity contribution is -0.143. The molecule has 0 saturated heterocycles. The summed E-state index contributed by atoms with van der Waals surface area (Å²) >= 11 is 0. The largest absolute Gasteiger partial charge is 0.481 e. The van der Waals surface area contributed by atoms with Crippen LogP contribution in [0.25, 0.3) is 0 Å². The van der Waals surface area contributed by atoms with E-state index in [1.807, 2.05) is 0 Å². The van der Waals surface area contributed by atoms with Crippen molar-refractivity contribution in [3.8, 4) is 0 Å². The van der Waals surface area contributed by atoms with Crippen LogP contribution in [0.2, 0.25) is 0 Å². The van der Waals surface area contributed by atoms with Crippen LogP contribution in [0.4, 0.5) is 0 Å². The number of benzene rings is 1. The summed E-state index contributed by atoms with van der Waals surface area (Å²) in [5, 5.41) is 34.0. The average Bonchev–Trinajstić information content (AvgIpc) is 2.86. The Bertz CT molecular complexity index is 1050. The molecule has 0 heterocycles. The maximum atomic E-state index is 13.1. The number of carboxylic acids is 3. The van der Waals surface area contributed by atoms with Crippen molar-refractivity contribution in [2.75, 3.05) is 0 Å². The minimum absolute atomic E-state index is 0.0989. The Morgan fingerprint density at radius 2 is 1.15 bits per heavy atom. The predicted molar refractivity (Wildman–Crippen MR) is 134 cm³/mol. The molecular formula is C24H33N5O10. The summed E-state index contributed by atoms with van der Waals surface area (Å²) in [5.74, 6) is -7.41. The zero-order valence-corrected chi connectivity index (χ0v) is 21.0. The fourth-order valence-corrected chi connectivity index (χ4v) is 3.37. The molecule has 4 amide bonds. The van der Waals surface area contributed by atoms with Crippen molar-refractivity contribution in [2.24, 2.45) is 11.5 Å². The molecule has 0 aromatic heterocycles. The predicted octanol–water partition coefficient (Wildman–Crippen LogP) is -1.91. The van der Waals surface area contributed by atoms with E-state index in [4.69, 9.17) is 21.7 Å². The molecule has 214 valence electrons. The van der Waals surface area contributed by atoms with Crippen LogP contribution in [0, 0.1) is 0 Å². The van der Waals surface area contributed by atoms with Crippen LogP contribution >= 0.6 is 0 Å². The third-order valence-electron chi connectivity index (χ3n) is 5.50. The van der Waals surface area contributed by atoms with Crippen LogP contribution in [0.3, 0.4) is 0 Å². The highest BCUT2D eigenvalue weighted by Crippen LogP contribution is 2.08. The van der Waals surface area contributed by atoms with Crippen LogP contribution < -0.4 is 27.4 Å². The first-order valence-electron chi connectivity index (χ1n) is 12.0. The molecule has 0 bridgehead atoms. The molecule has 0 saturated carbocycles. The quantitative estimate of drug-likeness (QED) is 0.0997. The van der Waals surface area contributed by atoms with Crippen molar-refractivity contribution >= 4 is 41.5 Å². The number of hydrogen-bond acceptors (Lipinski definition) is 8. The molecule has 0 aliphatic heterocycles. The molecule has 0 radical (unpaired) electrons. The Kier molecular flexibility index (Phi) is 13.6. The zero-order chi connectivity index (χ0) is 29.5. The summed E-state index contributed by atoms with van der Waals surface area (Å²) in [6, 6.07) is 2.78. The van der Waals surface area contributed by atoms with E-state index in [9.17, 15) is 38.7 Å². The summed E-state index contributed by atoms with van der Waals surface area (Å²) in [7, 11) is 0. The second-order valence-corrected chi connectivity index (χ2v) is 8.69. The van der Waals surface area contributed by atoms with Gasteiger partial charge in [0.15, 0.2) is 0 Å². The maximum absolute atomic E-state index is 13.1. The Labute approximate surface area is 223 Å². The normalized spacial score (nSPS) is 13.7. The summed E-state index contributed by atoms with van der Waals surface area (Å²) in [5.41, 5.74) is 11.4. The number of carbonyl (C=O) groups excluding carboxylic acids is 4.